The molecule has 2 fully saturated rings. The Hall–Kier alpha value is -2.44. The van der Waals surface area contributed by atoms with Crippen LogP contribution in [0.15, 0.2) is 34.7 Å². The van der Waals surface area contributed by atoms with E-state index in [1.807, 2.05) is 0 Å². The molecule has 1 aromatic heterocycles. The van der Waals surface area contributed by atoms with E-state index in [-0.39, 0.29) is 23.5 Å². The monoisotopic (exact) mass is 452 g/mol. The number of aromatic nitrogens is 2. The van der Waals surface area contributed by atoms with Crippen molar-refractivity contribution in [2.75, 3.05) is 6.61 Å². The molecule has 1 saturated carbocycles. The first-order chi connectivity index (χ1) is 14.9. The predicted molar refractivity (Wildman–Crippen MR) is 105 cm³/mol. The van der Waals surface area contributed by atoms with Crippen molar-refractivity contribution >= 4 is 10.0 Å². The molecule has 0 radical (unpaired) electrons. The number of nitrogens with two attached hydrogens (primary N) is 1. The molecule has 2 aromatic rings. The summed E-state index contributed by atoms with van der Waals surface area (Å²) in [5.41, 5.74) is 1.67. The lowest BCUT2D eigenvalue weighted by Gasteiger charge is -2.38. The fraction of sp³-hybridized carbons (Fsp3) is 0.526. The zero-order valence-electron chi connectivity index (χ0n) is 16.6. The summed E-state index contributed by atoms with van der Waals surface area (Å²) in [5.74, 6) is 4.12. The fourth-order valence-corrected chi connectivity index (χ4v) is 5.86. The Morgan fingerprint density at radius 1 is 1.23 bits per heavy atom. The average molecular weight is 452 g/mol. The van der Waals surface area contributed by atoms with Crippen molar-refractivity contribution in [3.8, 4) is 0 Å². The Morgan fingerprint density at radius 3 is 2.74 bits per heavy atom. The van der Waals surface area contributed by atoms with Crippen molar-refractivity contribution in [2.45, 2.75) is 55.8 Å². The molecule has 31 heavy (non-hydrogen) atoms. The van der Waals surface area contributed by atoms with E-state index in [1.165, 1.54) is 0 Å². The molecule has 9 nitrogen and oxygen atoms in total. The van der Waals surface area contributed by atoms with Crippen molar-refractivity contribution in [1.29, 1.82) is 0 Å². The van der Waals surface area contributed by atoms with E-state index < -0.39 is 33.8 Å². The van der Waals surface area contributed by atoms with E-state index in [2.05, 4.69) is 20.3 Å². The van der Waals surface area contributed by atoms with Crippen molar-refractivity contribution < 1.29 is 21.9 Å². The maximum atomic E-state index is 14.3. The van der Waals surface area contributed by atoms with Crippen LogP contribution in [-0.4, -0.2) is 46.4 Å². The summed E-state index contributed by atoms with van der Waals surface area (Å²) >= 11 is 0. The van der Waals surface area contributed by atoms with Crippen LogP contribution in [0, 0.1) is 11.6 Å². The van der Waals surface area contributed by atoms with Crippen molar-refractivity contribution in [3.05, 3.63) is 52.9 Å². The Labute approximate surface area is 177 Å². The summed E-state index contributed by atoms with van der Waals surface area (Å²) in [4.78, 5) is 2.11. The topological polar surface area (TPSA) is 115 Å². The largest absolute Gasteiger partial charge is 0.369 e. The van der Waals surface area contributed by atoms with Gasteiger partial charge in [-0.05, 0) is 37.5 Å². The van der Waals surface area contributed by atoms with E-state index in [9.17, 15) is 17.2 Å². The van der Waals surface area contributed by atoms with Crippen LogP contribution in [0.3, 0.4) is 0 Å². The summed E-state index contributed by atoms with van der Waals surface area (Å²) in [5, 5.41) is 11.4. The Balaban J connectivity index is 1.31. The Kier molecular flexibility index (Phi) is 5.02. The van der Waals surface area contributed by atoms with Gasteiger partial charge in [0.05, 0.1) is 17.6 Å². The quantitative estimate of drug-likeness (QED) is 0.422. The van der Waals surface area contributed by atoms with Crippen LogP contribution in [0.2, 0.25) is 0 Å². The standard InChI is InChI=1S/C19H22F2N6O3S/c20-12-1-4-16(21)15(5-12)19-17(23-25-22)6-13(10-30-19)26-7-11-8-27(24-18(11)9-26)31(28,29)14-2-3-14/h1,4-5,8,13-14,17,19H,2-3,6-7,9-10H2,(H2,22,23)/t13-,17+,19-/m1/s1. The summed E-state index contributed by atoms with van der Waals surface area (Å²) in [6.07, 6.45) is 2.64. The van der Waals surface area contributed by atoms with Crippen molar-refractivity contribution in [1.82, 2.24) is 14.1 Å². The first-order valence-electron chi connectivity index (χ1n) is 10.1. The molecule has 1 aliphatic carbocycles. The van der Waals surface area contributed by atoms with Gasteiger partial charge in [-0.3, -0.25) is 4.90 Å². The predicted octanol–water partition coefficient (Wildman–Crippen LogP) is 2.04. The van der Waals surface area contributed by atoms with E-state index in [1.54, 1.807) is 6.20 Å². The highest BCUT2D eigenvalue weighted by Crippen LogP contribution is 2.37. The molecule has 3 atom stereocenters. The molecule has 0 bridgehead atoms. The van der Waals surface area contributed by atoms with Gasteiger partial charge in [-0.15, -0.1) is 0 Å². The number of fused-ring (bicyclic) bond motifs is 1. The van der Waals surface area contributed by atoms with Crippen LogP contribution in [0.1, 0.15) is 42.2 Å². The second-order valence-corrected chi connectivity index (χ2v) is 10.3. The molecular weight excluding hydrogens is 430 g/mol. The van der Waals surface area contributed by atoms with Crippen LogP contribution in [0.5, 0.6) is 0 Å². The van der Waals surface area contributed by atoms with Gasteiger partial charge in [-0.25, -0.2) is 17.2 Å². The van der Waals surface area contributed by atoms with Gasteiger partial charge in [-0.1, -0.05) is 5.22 Å². The van der Waals surface area contributed by atoms with Gasteiger partial charge in [0, 0.05) is 36.5 Å². The zero-order chi connectivity index (χ0) is 21.8. The third-order valence-electron chi connectivity index (χ3n) is 6.12. The number of ether oxygens (including phenoxy) is 1. The normalized spacial score (nSPS) is 27.1. The third kappa shape index (κ3) is 3.72. The van der Waals surface area contributed by atoms with Crippen LogP contribution in [0.4, 0.5) is 8.78 Å². The van der Waals surface area contributed by atoms with Gasteiger partial charge in [0.2, 0.25) is 0 Å². The minimum atomic E-state index is -3.39. The molecule has 12 heteroatoms. The Morgan fingerprint density at radius 2 is 2.03 bits per heavy atom. The number of nitrogens with zero attached hydrogens (tertiary/aromatic N) is 5. The molecule has 0 spiro atoms. The highest BCUT2D eigenvalue weighted by Gasteiger charge is 2.41. The third-order valence-corrected chi connectivity index (χ3v) is 8.14. The number of benzene rings is 1. The molecule has 0 amide bonds. The smallest absolute Gasteiger partial charge is 0.256 e. The molecule has 0 unspecified atom stereocenters. The van der Waals surface area contributed by atoms with Crippen LogP contribution in [0.25, 0.3) is 0 Å². The summed E-state index contributed by atoms with van der Waals surface area (Å²) in [6, 6.07) is 2.56. The lowest BCUT2D eigenvalue weighted by molar-refractivity contribution is -0.0542. The van der Waals surface area contributed by atoms with Gasteiger partial charge in [0.1, 0.15) is 23.8 Å². The number of hydrogen-bond donors (Lipinski definition) is 1. The van der Waals surface area contributed by atoms with E-state index in [0.717, 1.165) is 33.5 Å². The van der Waals surface area contributed by atoms with Gasteiger partial charge in [-0.2, -0.15) is 14.3 Å². The molecule has 1 saturated heterocycles. The van der Waals surface area contributed by atoms with E-state index in [0.29, 0.717) is 32.4 Å². The number of hydrogen-bond acceptors (Lipinski definition) is 7. The van der Waals surface area contributed by atoms with Crippen molar-refractivity contribution in [2.24, 2.45) is 16.2 Å². The summed E-state index contributed by atoms with van der Waals surface area (Å²) < 4.78 is 59.7. The lowest BCUT2D eigenvalue weighted by Crippen LogP contribution is -2.44. The van der Waals surface area contributed by atoms with Crippen LogP contribution >= 0.6 is 0 Å². The molecule has 1 aromatic carbocycles. The molecule has 5 rings (SSSR count). The van der Waals surface area contributed by atoms with Crippen LogP contribution < -0.4 is 5.84 Å². The first kappa shape index (κ1) is 20.5. The maximum absolute atomic E-state index is 14.3. The second kappa shape index (κ2) is 7.61. The molecule has 2 aliphatic heterocycles. The van der Waals surface area contributed by atoms with Crippen LogP contribution in [-0.2, 0) is 27.8 Å². The van der Waals surface area contributed by atoms with Crippen molar-refractivity contribution in [3.63, 3.8) is 0 Å². The SMILES string of the molecule is NN=N[C@H]1C[C@@H](N2Cc3cn(S(=O)(=O)C4CC4)nc3C2)CO[C@@H]1c1cc(F)ccc1F. The van der Waals surface area contributed by atoms with Gasteiger partial charge < -0.3 is 10.6 Å². The number of rotatable bonds is 5. The Bertz CT molecular complexity index is 1110. The van der Waals surface area contributed by atoms with Gasteiger partial charge in [0.15, 0.2) is 0 Å². The summed E-state index contributed by atoms with van der Waals surface area (Å²) in [7, 11) is -3.39. The highest BCUT2D eigenvalue weighted by molar-refractivity contribution is 7.90. The average Bonchev–Trinajstić information content (AvgIpc) is 3.41. The molecular formula is C19H22F2N6O3S. The minimum absolute atomic E-state index is 0.0777. The first-order valence-corrected chi connectivity index (χ1v) is 11.6. The van der Waals surface area contributed by atoms with E-state index >= 15 is 0 Å². The lowest BCUT2D eigenvalue weighted by atomic mass is 9.93. The second-order valence-electron chi connectivity index (χ2n) is 8.23. The fourth-order valence-electron chi connectivity index (χ4n) is 4.33. The molecule has 2 N–H and O–H groups in total. The molecule has 3 aliphatic rings. The summed E-state index contributed by atoms with van der Waals surface area (Å²) in [6.45, 7) is 1.28. The van der Waals surface area contributed by atoms with E-state index in [4.69, 9.17) is 10.6 Å². The molecule has 3 heterocycles. The maximum Gasteiger partial charge on any atom is 0.256 e. The van der Waals surface area contributed by atoms with Gasteiger partial charge >= 0.3 is 0 Å². The van der Waals surface area contributed by atoms with Gasteiger partial charge in [0.25, 0.3) is 10.0 Å². The highest BCUT2D eigenvalue weighted by atomic mass is 32.2. The number of halogens is 2. The minimum Gasteiger partial charge on any atom is -0.369 e. The zero-order valence-corrected chi connectivity index (χ0v) is 17.4. The molecule has 166 valence electrons.